The maximum absolute atomic E-state index is 9.03. The van der Waals surface area contributed by atoms with Crippen LogP contribution in [0.3, 0.4) is 0 Å². The lowest BCUT2D eigenvalue weighted by Gasteiger charge is -2.02. The van der Waals surface area contributed by atoms with Crippen molar-refractivity contribution in [3.05, 3.63) is 48.2 Å². The molecular formula is C15H10N4O2. The normalized spacial score (nSPS) is 10.1. The Morgan fingerprint density at radius 3 is 2.86 bits per heavy atom. The smallest absolute Gasteiger partial charge is 0.276 e. The third-order valence-electron chi connectivity index (χ3n) is 2.84. The molecule has 0 N–H and O–H groups in total. The fourth-order valence-electron chi connectivity index (χ4n) is 1.84. The molecule has 0 bridgehead atoms. The number of methoxy groups -OCH3 is 1. The Hall–Kier alpha value is -3.20. The third-order valence-corrected chi connectivity index (χ3v) is 2.84. The number of ether oxygens (including phenoxy) is 1. The van der Waals surface area contributed by atoms with Gasteiger partial charge in [0.2, 0.25) is 5.82 Å². The van der Waals surface area contributed by atoms with Gasteiger partial charge >= 0.3 is 0 Å². The summed E-state index contributed by atoms with van der Waals surface area (Å²) in [5.74, 6) is 1.27. The highest BCUT2D eigenvalue weighted by Gasteiger charge is 2.13. The van der Waals surface area contributed by atoms with Gasteiger partial charge in [0, 0.05) is 11.8 Å². The van der Waals surface area contributed by atoms with E-state index < -0.39 is 0 Å². The second-order valence-corrected chi connectivity index (χ2v) is 4.20. The van der Waals surface area contributed by atoms with Gasteiger partial charge in [0.25, 0.3) is 5.89 Å². The van der Waals surface area contributed by atoms with Crippen LogP contribution in [0.15, 0.2) is 47.1 Å². The van der Waals surface area contributed by atoms with Gasteiger partial charge in [0.05, 0.1) is 18.7 Å². The fraction of sp³-hybridized carbons (Fsp3) is 0.0667. The second kappa shape index (κ2) is 5.43. The Morgan fingerprint density at radius 1 is 1.24 bits per heavy atom. The van der Waals surface area contributed by atoms with Crippen molar-refractivity contribution in [2.75, 3.05) is 7.11 Å². The molecule has 0 amide bonds. The SMILES string of the molecule is COc1cc(C#N)cc(-c2noc(-c3ccccn3)n2)c1. The lowest BCUT2D eigenvalue weighted by atomic mass is 10.1. The van der Waals surface area contributed by atoms with E-state index in [2.05, 4.69) is 21.2 Å². The van der Waals surface area contributed by atoms with E-state index in [0.717, 1.165) is 0 Å². The van der Waals surface area contributed by atoms with Gasteiger partial charge < -0.3 is 9.26 Å². The first-order valence-electron chi connectivity index (χ1n) is 6.15. The summed E-state index contributed by atoms with van der Waals surface area (Å²) in [6, 6.07) is 12.6. The average molecular weight is 278 g/mol. The van der Waals surface area contributed by atoms with Crippen molar-refractivity contribution in [1.29, 1.82) is 5.26 Å². The minimum Gasteiger partial charge on any atom is -0.497 e. The van der Waals surface area contributed by atoms with E-state index in [-0.39, 0.29) is 0 Å². The van der Waals surface area contributed by atoms with E-state index in [0.29, 0.717) is 34.3 Å². The van der Waals surface area contributed by atoms with E-state index in [1.54, 1.807) is 30.5 Å². The number of nitrogens with zero attached hydrogens (tertiary/aromatic N) is 4. The van der Waals surface area contributed by atoms with Crippen LogP contribution in [0.25, 0.3) is 23.0 Å². The van der Waals surface area contributed by atoms with Crippen molar-refractivity contribution in [2.24, 2.45) is 0 Å². The van der Waals surface area contributed by atoms with Gasteiger partial charge in [-0.05, 0) is 30.3 Å². The molecule has 0 saturated carbocycles. The first-order valence-corrected chi connectivity index (χ1v) is 6.15. The molecule has 0 spiro atoms. The number of pyridine rings is 1. The highest BCUT2D eigenvalue weighted by Crippen LogP contribution is 2.25. The number of benzene rings is 1. The van der Waals surface area contributed by atoms with Crippen LogP contribution >= 0.6 is 0 Å². The van der Waals surface area contributed by atoms with Gasteiger partial charge in [-0.2, -0.15) is 10.2 Å². The largest absolute Gasteiger partial charge is 0.497 e. The molecule has 0 unspecified atom stereocenters. The van der Waals surface area contributed by atoms with Crippen LogP contribution in [-0.2, 0) is 0 Å². The van der Waals surface area contributed by atoms with Crippen LogP contribution in [0.5, 0.6) is 5.75 Å². The zero-order valence-electron chi connectivity index (χ0n) is 11.1. The van der Waals surface area contributed by atoms with Crippen molar-refractivity contribution in [3.63, 3.8) is 0 Å². The fourth-order valence-corrected chi connectivity index (χ4v) is 1.84. The molecule has 0 fully saturated rings. The Kier molecular flexibility index (Phi) is 3.31. The molecule has 102 valence electrons. The molecule has 1 aromatic carbocycles. The molecular weight excluding hydrogens is 268 g/mol. The number of hydrogen-bond donors (Lipinski definition) is 0. The van der Waals surface area contributed by atoms with Crippen molar-refractivity contribution in [2.45, 2.75) is 0 Å². The molecule has 0 atom stereocenters. The van der Waals surface area contributed by atoms with Crippen molar-refractivity contribution in [1.82, 2.24) is 15.1 Å². The van der Waals surface area contributed by atoms with Crippen LogP contribution in [0.1, 0.15) is 5.56 Å². The highest BCUT2D eigenvalue weighted by molar-refractivity contribution is 5.62. The molecule has 0 aliphatic carbocycles. The van der Waals surface area contributed by atoms with Gasteiger partial charge in [-0.25, -0.2) is 0 Å². The summed E-state index contributed by atoms with van der Waals surface area (Å²) in [6.45, 7) is 0. The summed E-state index contributed by atoms with van der Waals surface area (Å²) < 4.78 is 10.4. The van der Waals surface area contributed by atoms with Gasteiger partial charge in [0.1, 0.15) is 11.4 Å². The van der Waals surface area contributed by atoms with E-state index >= 15 is 0 Å². The Balaban J connectivity index is 2.02. The molecule has 0 saturated heterocycles. The van der Waals surface area contributed by atoms with E-state index in [4.69, 9.17) is 14.5 Å². The zero-order chi connectivity index (χ0) is 14.7. The minimum absolute atomic E-state index is 0.326. The van der Waals surface area contributed by atoms with Crippen molar-refractivity contribution in [3.8, 4) is 34.8 Å². The predicted octanol–water partition coefficient (Wildman–Crippen LogP) is 2.68. The first-order chi connectivity index (χ1) is 10.3. The Morgan fingerprint density at radius 2 is 2.14 bits per heavy atom. The molecule has 0 radical (unpaired) electrons. The third kappa shape index (κ3) is 2.58. The molecule has 3 aromatic rings. The van der Waals surface area contributed by atoms with Gasteiger partial charge in [0.15, 0.2) is 0 Å². The lowest BCUT2D eigenvalue weighted by Crippen LogP contribution is -1.88. The lowest BCUT2D eigenvalue weighted by molar-refractivity contribution is 0.414. The maximum atomic E-state index is 9.03. The van der Waals surface area contributed by atoms with E-state index in [1.165, 1.54) is 7.11 Å². The standard InChI is InChI=1S/C15H10N4O2/c1-20-12-7-10(9-16)6-11(8-12)14-18-15(21-19-14)13-4-2-3-5-17-13/h2-8H,1H3. The monoisotopic (exact) mass is 278 g/mol. The molecule has 2 heterocycles. The minimum atomic E-state index is 0.326. The number of hydrogen-bond acceptors (Lipinski definition) is 6. The Labute approximate surface area is 120 Å². The molecule has 0 aliphatic heterocycles. The maximum Gasteiger partial charge on any atom is 0.276 e. The zero-order valence-corrected chi connectivity index (χ0v) is 11.1. The summed E-state index contributed by atoms with van der Waals surface area (Å²) >= 11 is 0. The highest BCUT2D eigenvalue weighted by atomic mass is 16.5. The molecule has 6 heteroatoms. The van der Waals surface area contributed by atoms with Crippen LogP contribution < -0.4 is 4.74 Å². The number of rotatable bonds is 3. The van der Waals surface area contributed by atoms with Crippen LogP contribution in [0, 0.1) is 11.3 Å². The van der Waals surface area contributed by atoms with Gasteiger partial charge in [-0.1, -0.05) is 11.2 Å². The Bertz CT molecular complexity index is 806. The van der Waals surface area contributed by atoms with Crippen LogP contribution in [0.2, 0.25) is 0 Å². The predicted molar refractivity (Wildman–Crippen MR) is 74.2 cm³/mol. The van der Waals surface area contributed by atoms with Crippen LogP contribution in [0.4, 0.5) is 0 Å². The molecule has 0 aliphatic rings. The van der Waals surface area contributed by atoms with E-state index in [9.17, 15) is 0 Å². The van der Waals surface area contributed by atoms with E-state index in [1.807, 2.05) is 12.1 Å². The summed E-state index contributed by atoms with van der Waals surface area (Å²) in [5, 5.41) is 13.0. The van der Waals surface area contributed by atoms with Gasteiger partial charge in [-0.3, -0.25) is 4.98 Å². The number of aromatic nitrogens is 3. The van der Waals surface area contributed by atoms with Crippen LogP contribution in [-0.4, -0.2) is 22.2 Å². The molecule has 3 rings (SSSR count). The molecule has 6 nitrogen and oxygen atoms in total. The molecule has 2 aromatic heterocycles. The quantitative estimate of drug-likeness (QED) is 0.732. The summed E-state index contributed by atoms with van der Waals surface area (Å²) in [5.41, 5.74) is 1.71. The topological polar surface area (TPSA) is 84.8 Å². The van der Waals surface area contributed by atoms with Crippen molar-refractivity contribution < 1.29 is 9.26 Å². The first kappa shape index (κ1) is 12.8. The van der Waals surface area contributed by atoms with Gasteiger partial charge in [-0.15, -0.1) is 0 Å². The summed E-state index contributed by atoms with van der Waals surface area (Å²) in [4.78, 5) is 8.45. The average Bonchev–Trinajstić information content (AvgIpc) is 3.05. The summed E-state index contributed by atoms with van der Waals surface area (Å²) in [6.07, 6.45) is 1.65. The molecule has 21 heavy (non-hydrogen) atoms. The summed E-state index contributed by atoms with van der Waals surface area (Å²) in [7, 11) is 1.54. The number of nitriles is 1. The van der Waals surface area contributed by atoms with Crippen molar-refractivity contribution >= 4 is 0 Å². The second-order valence-electron chi connectivity index (χ2n) is 4.20.